The van der Waals surface area contributed by atoms with Crippen LogP contribution in [-0.2, 0) is 11.2 Å². The topological polar surface area (TPSA) is 69.7 Å². The maximum atomic E-state index is 12.6. The van der Waals surface area contributed by atoms with E-state index in [1.165, 1.54) is 32.7 Å². The molecule has 1 aromatic heterocycles. The molecule has 1 heterocycles. The van der Waals surface area contributed by atoms with E-state index in [1.807, 2.05) is 37.3 Å². The third-order valence-electron chi connectivity index (χ3n) is 4.18. The maximum absolute atomic E-state index is 12.6. The fourth-order valence-corrected chi connectivity index (χ4v) is 3.87. The van der Waals surface area contributed by atoms with Crippen LogP contribution in [0.15, 0.2) is 42.5 Å². The van der Waals surface area contributed by atoms with E-state index >= 15 is 0 Å². The zero-order valence-electron chi connectivity index (χ0n) is 16.2. The Kier molecular flexibility index (Phi) is 6.16. The fraction of sp³-hybridized carbons (Fsp3) is 0.238. The van der Waals surface area contributed by atoms with Crippen LogP contribution in [0.2, 0.25) is 0 Å². The molecule has 0 saturated heterocycles. The fourth-order valence-electron chi connectivity index (χ4n) is 2.80. The second kappa shape index (κ2) is 8.75. The van der Waals surface area contributed by atoms with Gasteiger partial charge in [0.2, 0.25) is 11.7 Å². The van der Waals surface area contributed by atoms with Crippen LogP contribution in [-0.4, -0.2) is 32.2 Å². The number of hydrogen-bond acceptors (Lipinski definition) is 6. The number of nitrogens with one attached hydrogen (secondary N) is 1. The largest absolute Gasteiger partial charge is 0.493 e. The number of amides is 1. The van der Waals surface area contributed by atoms with Crippen molar-refractivity contribution in [2.24, 2.45) is 0 Å². The number of anilines is 1. The minimum Gasteiger partial charge on any atom is -0.493 e. The number of nitrogens with zero attached hydrogens (tertiary/aromatic N) is 1. The number of aromatic nitrogens is 1. The highest BCUT2D eigenvalue weighted by atomic mass is 32.1. The van der Waals surface area contributed by atoms with Gasteiger partial charge in [-0.2, -0.15) is 0 Å². The van der Waals surface area contributed by atoms with Crippen LogP contribution >= 0.6 is 11.3 Å². The van der Waals surface area contributed by atoms with E-state index in [4.69, 9.17) is 14.2 Å². The van der Waals surface area contributed by atoms with Crippen molar-refractivity contribution in [3.8, 4) is 27.8 Å². The highest BCUT2D eigenvalue weighted by Gasteiger charge is 2.16. The molecular weight excluding hydrogens is 376 g/mol. The molecule has 1 N–H and O–H groups in total. The lowest BCUT2D eigenvalue weighted by Crippen LogP contribution is -2.14. The summed E-state index contributed by atoms with van der Waals surface area (Å²) in [6.07, 6.45) is 0.243. The van der Waals surface area contributed by atoms with Gasteiger partial charge >= 0.3 is 0 Å². The molecule has 3 aromatic rings. The Bertz CT molecular complexity index is 945. The summed E-state index contributed by atoms with van der Waals surface area (Å²) in [5.41, 5.74) is 2.49. The minimum atomic E-state index is -0.138. The first-order valence-corrected chi connectivity index (χ1v) is 9.49. The summed E-state index contributed by atoms with van der Waals surface area (Å²) in [6, 6.07) is 13.3. The lowest BCUT2D eigenvalue weighted by Gasteiger charge is -2.14. The van der Waals surface area contributed by atoms with Crippen molar-refractivity contribution in [2.45, 2.75) is 13.3 Å². The van der Waals surface area contributed by atoms with Crippen LogP contribution in [0, 0.1) is 6.92 Å². The molecular formula is C21H22N2O4S. The van der Waals surface area contributed by atoms with Crippen molar-refractivity contribution in [2.75, 3.05) is 26.6 Å². The van der Waals surface area contributed by atoms with Gasteiger partial charge < -0.3 is 19.5 Å². The molecule has 146 valence electrons. The molecule has 0 aliphatic carbocycles. The van der Waals surface area contributed by atoms with Gasteiger partial charge in [-0.25, -0.2) is 4.98 Å². The summed E-state index contributed by atoms with van der Waals surface area (Å²) in [5, 5.41) is 3.80. The number of rotatable bonds is 7. The number of carbonyl (C=O) groups is 1. The van der Waals surface area contributed by atoms with E-state index in [1.54, 1.807) is 12.1 Å². The van der Waals surface area contributed by atoms with Crippen LogP contribution in [0.1, 0.15) is 10.6 Å². The number of ether oxygens (including phenoxy) is 3. The molecule has 6 nitrogen and oxygen atoms in total. The highest BCUT2D eigenvalue weighted by Crippen LogP contribution is 2.40. The molecule has 0 spiro atoms. The van der Waals surface area contributed by atoms with Gasteiger partial charge in [0, 0.05) is 28.3 Å². The van der Waals surface area contributed by atoms with Crippen molar-refractivity contribution < 1.29 is 19.0 Å². The zero-order valence-corrected chi connectivity index (χ0v) is 17.1. The number of thiazole rings is 1. The Balaban J connectivity index is 1.77. The predicted octanol–water partition coefficient (Wildman–Crippen LogP) is 4.33. The Labute approximate surface area is 168 Å². The standard InChI is InChI=1S/C21H22N2O4S/c1-13-18(28-21(22-13)14-8-6-5-7-9-14)12-19(24)23-15-10-16(25-2)20(27-4)17(11-15)26-3/h5-11H,12H2,1-4H3,(H,23,24). The smallest absolute Gasteiger partial charge is 0.229 e. The Morgan fingerprint density at radius 2 is 1.68 bits per heavy atom. The maximum Gasteiger partial charge on any atom is 0.229 e. The summed E-state index contributed by atoms with van der Waals surface area (Å²) < 4.78 is 16.0. The molecule has 3 rings (SSSR count). The van der Waals surface area contributed by atoms with Crippen LogP contribution in [0.4, 0.5) is 5.69 Å². The van der Waals surface area contributed by atoms with Crippen LogP contribution in [0.5, 0.6) is 17.2 Å². The third-order valence-corrected chi connectivity index (χ3v) is 5.39. The summed E-state index contributed by atoms with van der Waals surface area (Å²) in [4.78, 5) is 18.1. The van der Waals surface area contributed by atoms with E-state index in [2.05, 4.69) is 10.3 Å². The van der Waals surface area contributed by atoms with Gasteiger partial charge in [0.15, 0.2) is 11.5 Å². The van der Waals surface area contributed by atoms with Gasteiger partial charge in [0.1, 0.15) is 5.01 Å². The molecule has 0 aliphatic heterocycles. The van der Waals surface area contributed by atoms with Crippen LogP contribution in [0.25, 0.3) is 10.6 Å². The van der Waals surface area contributed by atoms with Gasteiger partial charge in [0.25, 0.3) is 0 Å². The van der Waals surface area contributed by atoms with Gasteiger partial charge in [-0.3, -0.25) is 4.79 Å². The third kappa shape index (κ3) is 4.26. The monoisotopic (exact) mass is 398 g/mol. The average molecular weight is 398 g/mol. The summed E-state index contributed by atoms with van der Waals surface area (Å²) in [7, 11) is 4.61. The van der Waals surface area contributed by atoms with Crippen molar-refractivity contribution in [3.63, 3.8) is 0 Å². The summed E-state index contributed by atoms with van der Waals surface area (Å²) in [5.74, 6) is 1.31. The first-order chi connectivity index (χ1) is 13.5. The van der Waals surface area contributed by atoms with E-state index in [-0.39, 0.29) is 12.3 Å². The SMILES string of the molecule is COc1cc(NC(=O)Cc2sc(-c3ccccc3)nc2C)cc(OC)c1OC. The normalized spacial score (nSPS) is 10.4. The van der Waals surface area contributed by atoms with Crippen molar-refractivity contribution >= 4 is 22.9 Å². The minimum absolute atomic E-state index is 0.138. The molecule has 0 atom stereocenters. The number of benzene rings is 2. The van der Waals surface area contributed by atoms with Crippen LogP contribution < -0.4 is 19.5 Å². The number of hydrogen-bond donors (Lipinski definition) is 1. The summed E-state index contributed by atoms with van der Waals surface area (Å²) >= 11 is 1.53. The van der Waals surface area contributed by atoms with Gasteiger partial charge in [-0.05, 0) is 6.92 Å². The van der Waals surface area contributed by atoms with E-state index < -0.39 is 0 Å². The Morgan fingerprint density at radius 3 is 2.25 bits per heavy atom. The second-order valence-electron chi connectivity index (χ2n) is 6.03. The van der Waals surface area contributed by atoms with E-state index in [9.17, 15) is 4.79 Å². The highest BCUT2D eigenvalue weighted by molar-refractivity contribution is 7.15. The number of carbonyl (C=O) groups excluding carboxylic acids is 1. The molecule has 0 saturated carbocycles. The quantitative estimate of drug-likeness (QED) is 0.642. The predicted molar refractivity (Wildman–Crippen MR) is 111 cm³/mol. The van der Waals surface area contributed by atoms with Gasteiger partial charge in [-0.15, -0.1) is 11.3 Å². The molecule has 0 unspecified atom stereocenters. The molecule has 0 bridgehead atoms. The van der Waals surface area contributed by atoms with Gasteiger partial charge in [-0.1, -0.05) is 30.3 Å². The number of methoxy groups -OCH3 is 3. The lowest BCUT2D eigenvalue weighted by molar-refractivity contribution is -0.115. The Morgan fingerprint density at radius 1 is 1.04 bits per heavy atom. The van der Waals surface area contributed by atoms with Crippen molar-refractivity contribution in [3.05, 3.63) is 53.0 Å². The van der Waals surface area contributed by atoms with E-state index in [0.29, 0.717) is 22.9 Å². The number of aryl methyl sites for hydroxylation is 1. The zero-order chi connectivity index (χ0) is 20.1. The van der Waals surface area contributed by atoms with Crippen molar-refractivity contribution in [1.82, 2.24) is 4.98 Å². The molecule has 0 radical (unpaired) electrons. The Hall–Kier alpha value is -3.06. The summed E-state index contributed by atoms with van der Waals surface area (Å²) in [6.45, 7) is 1.92. The molecule has 28 heavy (non-hydrogen) atoms. The molecule has 7 heteroatoms. The average Bonchev–Trinajstić information content (AvgIpc) is 3.08. The molecule has 0 fully saturated rings. The van der Waals surface area contributed by atoms with E-state index in [0.717, 1.165) is 21.1 Å². The first kappa shape index (κ1) is 19.7. The van der Waals surface area contributed by atoms with Gasteiger partial charge in [0.05, 0.1) is 33.4 Å². The molecule has 2 aromatic carbocycles. The van der Waals surface area contributed by atoms with Crippen molar-refractivity contribution in [1.29, 1.82) is 0 Å². The second-order valence-corrected chi connectivity index (χ2v) is 7.12. The van der Waals surface area contributed by atoms with Crippen LogP contribution in [0.3, 0.4) is 0 Å². The first-order valence-electron chi connectivity index (χ1n) is 8.67. The molecule has 0 aliphatic rings. The lowest BCUT2D eigenvalue weighted by atomic mass is 10.2. The molecule has 1 amide bonds.